The van der Waals surface area contributed by atoms with E-state index in [0.29, 0.717) is 11.5 Å². The van der Waals surface area contributed by atoms with Gasteiger partial charge in [0.2, 0.25) is 6.79 Å². The van der Waals surface area contributed by atoms with Gasteiger partial charge in [-0.25, -0.2) is 4.39 Å². The molecule has 4 rings (SSSR count). The molecule has 0 spiro atoms. The first kappa shape index (κ1) is 21.1. The van der Waals surface area contributed by atoms with Gasteiger partial charge in [-0.15, -0.1) is 0 Å². The molecule has 9 heteroatoms. The van der Waals surface area contributed by atoms with Crippen molar-refractivity contribution >= 4 is 17.5 Å². The summed E-state index contributed by atoms with van der Waals surface area (Å²) in [5, 5.41) is 5.14. The van der Waals surface area contributed by atoms with Gasteiger partial charge in [0.05, 0.1) is 6.04 Å². The van der Waals surface area contributed by atoms with Crippen LogP contribution in [0.4, 0.5) is 10.1 Å². The first-order valence-corrected chi connectivity index (χ1v) is 10.2. The van der Waals surface area contributed by atoms with Crippen LogP contribution in [0.25, 0.3) is 0 Å². The number of hydrogen-bond acceptors (Lipinski definition) is 6. The Bertz CT molecular complexity index is 962. The highest BCUT2D eigenvalue weighted by molar-refractivity contribution is 6.39. The predicted octanol–water partition coefficient (Wildman–Crippen LogP) is 1.60. The summed E-state index contributed by atoms with van der Waals surface area (Å²) in [6.07, 6.45) is 0. The minimum atomic E-state index is -0.839. The quantitative estimate of drug-likeness (QED) is 0.704. The van der Waals surface area contributed by atoms with Crippen LogP contribution < -0.4 is 20.1 Å². The second-order valence-electron chi connectivity index (χ2n) is 7.64. The summed E-state index contributed by atoms with van der Waals surface area (Å²) in [5.41, 5.74) is 1.20. The number of halogens is 1. The molecular formula is C22H25FN4O4. The third-order valence-corrected chi connectivity index (χ3v) is 5.50. The maximum absolute atomic E-state index is 13.3. The fourth-order valence-electron chi connectivity index (χ4n) is 3.74. The highest BCUT2D eigenvalue weighted by atomic mass is 19.1. The SMILES string of the molecule is CN1CCN(C(CNC(=O)C(=O)Nc2cccc(F)c2)c2ccc3c(c2)OCO3)CC1. The van der Waals surface area contributed by atoms with Gasteiger partial charge in [-0.2, -0.15) is 0 Å². The Balaban J connectivity index is 1.44. The standard InChI is InChI=1S/C22H25FN4O4/c1-26-7-9-27(10-8-26)18(15-5-6-19-20(11-15)31-14-30-19)13-24-21(28)22(29)25-17-4-2-3-16(23)12-17/h2-6,11-12,18H,7-10,13-14H2,1H3,(H,24,28)(H,25,29). The van der Waals surface area contributed by atoms with E-state index in [4.69, 9.17) is 9.47 Å². The van der Waals surface area contributed by atoms with Gasteiger partial charge >= 0.3 is 11.8 Å². The first-order chi connectivity index (χ1) is 15.0. The van der Waals surface area contributed by atoms with Gasteiger partial charge in [0, 0.05) is 38.4 Å². The molecule has 1 fully saturated rings. The number of carbonyl (C=O) groups is 2. The molecule has 0 aliphatic carbocycles. The summed E-state index contributed by atoms with van der Waals surface area (Å²) in [5.74, 6) is -0.736. The Morgan fingerprint density at radius 1 is 1.03 bits per heavy atom. The number of rotatable bonds is 5. The number of amides is 2. The molecule has 1 saturated heterocycles. The summed E-state index contributed by atoms with van der Waals surface area (Å²) in [6.45, 7) is 3.93. The van der Waals surface area contributed by atoms with Gasteiger partial charge in [-0.3, -0.25) is 14.5 Å². The molecule has 8 nitrogen and oxygen atoms in total. The third kappa shape index (κ3) is 5.12. The second kappa shape index (κ2) is 9.32. The molecule has 2 N–H and O–H groups in total. The highest BCUT2D eigenvalue weighted by Gasteiger charge is 2.27. The fourth-order valence-corrected chi connectivity index (χ4v) is 3.74. The molecule has 2 aliphatic heterocycles. The molecule has 0 saturated carbocycles. The molecule has 2 heterocycles. The smallest absolute Gasteiger partial charge is 0.313 e. The zero-order chi connectivity index (χ0) is 21.8. The maximum Gasteiger partial charge on any atom is 0.313 e. The number of nitrogens with zero attached hydrogens (tertiary/aromatic N) is 2. The van der Waals surface area contributed by atoms with Crippen LogP contribution >= 0.6 is 0 Å². The first-order valence-electron chi connectivity index (χ1n) is 10.2. The van der Waals surface area contributed by atoms with Crippen molar-refractivity contribution in [1.29, 1.82) is 0 Å². The molecule has 2 aliphatic rings. The Morgan fingerprint density at radius 3 is 2.58 bits per heavy atom. The number of fused-ring (bicyclic) bond motifs is 1. The van der Waals surface area contributed by atoms with Gasteiger partial charge in [0.1, 0.15) is 5.82 Å². The van der Waals surface area contributed by atoms with Crippen molar-refractivity contribution in [3.8, 4) is 11.5 Å². The summed E-state index contributed by atoms with van der Waals surface area (Å²) in [4.78, 5) is 29.2. The Hall–Kier alpha value is -3.17. The predicted molar refractivity (Wildman–Crippen MR) is 112 cm³/mol. The number of piperazine rings is 1. The molecule has 2 aromatic rings. The largest absolute Gasteiger partial charge is 0.454 e. The number of benzene rings is 2. The Morgan fingerprint density at radius 2 is 1.81 bits per heavy atom. The Labute approximate surface area is 179 Å². The van der Waals surface area contributed by atoms with Crippen LogP contribution in [0.3, 0.4) is 0 Å². The lowest BCUT2D eigenvalue weighted by molar-refractivity contribution is -0.136. The molecule has 1 unspecified atom stereocenters. The number of likely N-dealkylation sites (N-methyl/N-ethyl adjacent to an activating group) is 1. The topological polar surface area (TPSA) is 83.1 Å². The van der Waals surface area contributed by atoms with Crippen LogP contribution in [0.15, 0.2) is 42.5 Å². The number of anilines is 1. The minimum Gasteiger partial charge on any atom is -0.454 e. The monoisotopic (exact) mass is 428 g/mol. The normalized spacial score (nSPS) is 17.2. The van der Waals surface area contributed by atoms with Crippen LogP contribution in [0.5, 0.6) is 11.5 Å². The zero-order valence-corrected chi connectivity index (χ0v) is 17.3. The van der Waals surface area contributed by atoms with Crippen molar-refractivity contribution in [2.45, 2.75) is 6.04 Å². The average Bonchev–Trinajstić information content (AvgIpc) is 3.23. The molecule has 31 heavy (non-hydrogen) atoms. The molecule has 164 valence electrons. The molecule has 2 aromatic carbocycles. The molecule has 1 atom stereocenters. The van der Waals surface area contributed by atoms with E-state index in [1.54, 1.807) is 0 Å². The van der Waals surface area contributed by atoms with Crippen LogP contribution in [-0.2, 0) is 9.59 Å². The van der Waals surface area contributed by atoms with Crippen molar-refractivity contribution in [1.82, 2.24) is 15.1 Å². The number of hydrogen-bond donors (Lipinski definition) is 2. The third-order valence-electron chi connectivity index (χ3n) is 5.50. The van der Waals surface area contributed by atoms with E-state index in [1.807, 2.05) is 18.2 Å². The Kier molecular flexibility index (Phi) is 6.34. The van der Waals surface area contributed by atoms with Crippen LogP contribution in [0.1, 0.15) is 11.6 Å². The molecule has 0 radical (unpaired) electrons. The highest BCUT2D eigenvalue weighted by Crippen LogP contribution is 2.35. The average molecular weight is 428 g/mol. The van der Waals surface area contributed by atoms with Gasteiger partial charge in [0.25, 0.3) is 0 Å². The lowest BCUT2D eigenvalue weighted by Gasteiger charge is -2.38. The van der Waals surface area contributed by atoms with Crippen LogP contribution in [0.2, 0.25) is 0 Å². The van der Waals surface area contributed by atoms with E-state index >= 15 is 0 Å². The van der Waals surface area contributed by atoms with E-state index < -0.39 is 17.6 Å². The summed E-state index contributed by atoms with van der Waals surface area (Å²) in [7, 11) is 2.07. The fraction of sp³-hybridized carbons (Fsp3) is 0.364. The molecule has 2 amide bonds. The number of carbonyl (C=O) groups excluding carboxylic acids is 2. The molecule has 0 aromatic heterocycles. The van der Waals surface area contributed by atoms with E-state index in [0.717, 1.165) is 37.8 Å². The van der Waals surface area contributed by atoms with Crippen molar-refractivity contribution < 1.29 is 23.5 Å². The van der Waals surface area contributed by atoms with Crippen molar-refractivity contribution in [2.24, 2.45) is 0 Å². The van der Waals surface area contributed by atoms with E-state index in [1.165, 1.54) is 18.2 Å². The van der Waals surface area contributed by atoms with Crippen LogP contribution in [-0.4, -0.2) is 68.2 Å². The minimum absolute atomic E-state index is 0.130. The van der Waals surface area contributed by atoms with Gasteiger partial charge in [-0.05, 0) is 42.9 Å². The van der Waals surface area contributed by atoms with Crippen LogP contribution in [0, 0.1) is 5.82 Å². The number of ether oxygens (including phenoxy) is 2. The molecular weight excluding hydrogens is 403 g/mol. The molecule has 0 bridgehead atoms. The van der Waals surface area contributed by atoms with Crippen molar-refractivity contribution in [3.63, 3.8) is 0 Å². The lowest BCUT2D eigenvalue weighted by Crippen LogP contribution is -2.49. The van der Waals surface area contributed by atoms with Crippen molar-refractivity contribution in [3.05, 3.63) is 53.8 Å². The summed E-state index contributed by atoms with van der Waals surface area (Å²) >= 11 is 0. The maximum atomic E-state index is 13.3. The van der Waals surface area contributed by atoms with Gasteiger partial charge < -0.3 is 25.0 Å². The van der Waals surface area contributed by atoms with Gasteiger partial charge in [0.15, 0.2) is 11.5 Å². The van der Waals surface area contributed by atoms with Crippen molar-refractivity contribution in [2.75, 3.05) is 51.9 Å². The summed E-state index contributed by atoms with van der Waals surface area (Å²) < 4.78 is 24.2. The van der Waals surface area contributed by atoms with E-state index in [-0.39, 0.29) is 25.1 Å². The summed E-state index contributed by atoms with van der Waals surface area (Å²) in [6, 6.07) is 11.0. The lowest BCUT2D eigenvalue weighted by atomic mass is 10.0. The number of nitrogens with one attached hydrogen (secondary N) is 2. The second-order valence-corrected chi connectivity index (χ2v) is 7.64. The van der Waals surface area contributed by atoms with E-state index in [9.17, 15) is 14.0 Å². The van der Waals surface area contributed by atoms with Gasteiger partial charge in [-0.1, -0.05) is 12.1 Å². The van der Waals surface area contributed by atoms with E-state index in [2.05, 4.69) is 27.5 Å². The zero-order valence-electron chi connectivity index (χ0n) is 17.3.